The lowest BCUT2D eigenvalue weighted by Gasteiger charge is -2.28. The van der Waals surface area contributed by atoms with Crippen LogP contribution in [0.15, 0.2) is 30.5 Å². The van der Waals surface area contributed by atoms with Crippen molar-refractivity contribution in [3.63, 3.8) is 0 Å². The number of nitrogens with two attached hydrogens (primary N) is 1. The van der Waals surface area contributed by atoms with Gasteiger partial charge in [-0.05, 0) is 73.9 Å². The van der Waals surface area contributed by atoms with Crippen LogP contribution in [0.25, 0.3) is 10.9 Å². The second kappa shape index (κ2) is 7.51. The first kappa shape index (κ1) is 15.9. The Labute approximate surface area is 126 Å². The van der Waals surface area contributed by atoms with E-state index in [0.717, 1.165) is 30.3 Å². The molecule has 2 N–H and O–H groups in total. The van der Waals surface area contributed by atoms with Crippen molar-refractivity contribution in [1.82, 2.24) is 4.98 Å². The van der Waals surface area contributed by atoms with E-state index in [1.165, 1.54) is 24.5 Å². The molecule has 1 heterocycles. The maximum atomic E-state index is 13.5. The zero-order chi connectivity index (χ0) is 15.2. The van der Waals surface area contributed by atoms with Gasteiger partial charge in [0.1, 0.15) is 5.82 Å². The van der Waals surface area contributed by atoms with Crippen molar-refractivity contribution in [1.29, 1.82) is 0 Å². The fourth-order valence-electron chi connectivity index (χ4n) is 3.20. The summed E-state index contributed by atoms with van der Waals surface area (Å²) < 4.78 is 13.5. The highest BCUT2D eigenvalue weighted by atomic mass is 19.1. The summed E-state index contributed by atoms with van der Waals surface area (Å²) in [5, 5.41) is 0.971. The number of hydrogen-bond donors (Lipinski definition) is 1. The van der Waals surface area contributed by atoms with E-state index in [-0.39, 0.29) is 5.82 Å². The third-order valence-corrected chi connectivity index (χ3v) is 4.36. The van der Waals surface area contributed by atoms with Crippen molar-refractivity contribution in [3.05, 3.63) is 41.8 Å². The van der Waals surface area contributed by atoms with E-state index >= 15 is 0 Å². The minimum Gasteiger partial charge on any atom is -0.330 e. The van der Waals surface area contributed by atoms with Crippen LogP contribution >= 0.6 is 0 Å². The van der Waals surface area contributed by atoms with E-state index in [4.69, 9.17) is 5.73 Å². The van der Waals surface area contributed by atoms with E-state index in [2.05, 4.69) is 11.1 Å². The van der Waals surface area contributed by atoms with Crippen LogP contribution < -0.4 is 5.73 Å². The lowest BCUT2D eigenvalue weighted by Crippen LogP contribution is -2.20. The van der Waals surface area contributed by atoms with Crippen molar-refractivity contribution in [2.45, 2.75) is 45.4 Å². The molecule has 1 aromatic heterocycles. The first-order valence-corrected chi connectivity index (χ1v) is 8.02. The number of rotatable bonds is 2. The number of aromatic nitrogens is 1. The Morgan fingerprint density at radius 1 is 1.14 bits per heavy atom. The fourth-order valence-corrected chi connectivity index (χ4v) is 3.20. The summed E-state index contributed by atoms with van der Waals surface area (Å²) in [5.74, 6) is 1.01. The molecule has 0 spiro atoms. The highest BCUT2D eigenvalue weighted by molar-refractivity contribution is 5.82. The number of pyridine rings is 1. The molecule has 0 unspecified atom stereocenters. The van der Waals surface area contributed by atoms with Gasteiger partial charge in [-0.1, -0.05) is 13.8 Å². The Kier molecular flexibility index (Phi) is 5.68. The predicted octanol–water partition coefficient (Wildman–Crippen LogP) is 4.63. The van der Waals surface area contributed by atoms with Gasteiger partial charge < -0.3 is 5.73 Å². The van der Waals surface area contributed by atoms with Crippen LogP contribution in [0.4, 0.5) is 4.39 Å². The lowest BCUT2D eigenvalue weighted by molar-refractivity contribution is 0.333. The SMILES string of the molecule is CC.NCC1CCC(c2ccnc3ccc(F)cc23)CC1. The summed E-state index contributed by atoms with van der Waals surface area (Å²) in [4.78, 5) is 4.32. The average molecular weight is 288 g/mol. The van der Waals surface area contributed by atoms with Gasteiger partial charge in [-0.25, -0.2) is 4.39 Å². The first-order chi connectivity index (χ1) is 10.3. The third-order valence-electron chi connectivity index (χ3n) is 4.36. The molecule has 0 aliphatic heterocycles. The van der Waals surface area contributed by atoms with Crippen LogP contribution in [0, 0.1) is 11.7 Å². The molecule has 1 aliphatic carbocycles. The van der Waals surface area contributed by atoms with Crippen LogP contribution in [0.2, 0.25) is 0 Å². The molecule has 1 aliphatic rings. The van der Waals surface area contributed by atoms with Crippen molar-refractivity contribution < 1.29 is 4.39 Å². The molecule has 0 atom stereocenters. The van der Waals surface area contributed by atoms with Crippen molar-refractivity contribution >= 4 is 10.9 Å². The summed E-state index contributed by atoms with van der Waals surface area (Å²) in [6.45, 7) is 4.79. The molecule has 3 rings (SSSR count). The molecular formula is C18H25FN2. The second-order valence-electron chi connectivity index (χ2n) is 5.52. The van der Waals surface area contributed by atoms with E-state index < -0.39 is 0 Å². The number of fused-ring (bicyclic) bond motifs is 1. The van der Waals surface area contributed by atoms with Gasteiger partial charge in [0.05, 0.1) is 5.52 Å². The molecule has 1 fully saturated rings. The van der Waals surface area contributed by atoms with Crippen LogP contribution in [0.1, 0.15) is 51.0 Å². The molecule has 0 radical (unpaired) electrons. The average Bonchev–Trinajstić information content (AvgIpc) is 2.56. The van der Waals surface area contributed by atoms with E-state index in [9.17, 15) is 4.39 Å². The normalized spacial score (nSPS) is 21.7. The summed E-state index contributed by atoms with van der Waals surface area (Å²) in [5.41, 5.74) is 7.88. The van der Waals surface area contributed by atoms with Crippen LogP contribution in [-0.2, 0) is 0 Å². The standard InChI is InChI=1S/C16H19FN2.C2H6/c17-13-5-6-16-15(9-13)14(7-8-19-16)12-3-1-11(10-18)2-4-12;1-2/h5-9,11-12H,1-4,10,18H2;1-2H3. The first-order valence-electron chi connectivity index (χ1n) is 8.02. The van der Waals surface area contributed by atoms with Gasteiger partial charge in [-0.3, -0.25) is 4.98 Å². The minimum atomic E-state index is -0.183. The van der Waals surface area contributed by atoms with E-state index in [0.29, 0.717) is 11.8 Å². The molecule has 2 aromatic rings. The minimum absolute atomic E-state index is 0.183. The number of nitrogens with zero attached hydrogens (tertiary/aromatic N) is 1. The number of halogens is 1. The van der Waals surface area contributed by atoms with Gasteiger partial charge in [0, 0.05) is 11.6 Å². The monoisotopic (exact) mass is 288 g/mol. The lowest BCUT2D eigenvalue weighted by atomic mass is 9.78. The van der Waals surface area contributed by atoms with Crippen LogP contribution in [0.5, 0.6) is 0 Å². The van der Waals surface area contributed by atoms with Crippen molar-refractivity contribution in [2.75, 3.05) is 6.54 Å². The molecule has 2 nitrogen and oxygen atoms in total. The van der Waals surface area contributed by atoms with Gasteiger partial charge in [-0.15, -0.1) is 0 Å². The second-order valence-corrected chi connectivity index (χ2v) is 5.52. The smallest absolute Gasteiger partial charge is 0.123 e. The van der Waals surface area contributed by atoms with E-state index in [1.54, 1.807) is 12.1 Å². The quantitative estimate of drug-likeness (QED) is 0.874. The maximum absolute atomic E-state index is 13.5. The van der Waals surface area contributed by atoms with Gasteiger partial charge in [0.15, 0.2) is 0 Å². The van der Waals surface area contributed by atoms with Crippen LogP contribution in [0.3, 0.4) is 0 Å². The molecular weight excluding hydrogens is 263 g/mol. The van der Waals surface area contributed by atoms with Gasteiger partial charge in [0.25, 0.3) is 0 Å². The van der Waals surface area contributed by atoms with Gasteiger partial charge in [-0.2, -0.15) is 0 Å². The summed E-state index contributed by atoms with van der Waals surface area (Å²) >= 11 is 0. The Balaban J connectivity index is 0.000000774. The van der Waals surface area contributed by atoms with Crippen LogP contribution in [-0.4, -0.2) is 11.5 Å². The molecule has 0 amide bonds. The Hall–Kier alpha value is -1.48. The summed E-state index contributed by atoms with van der Waals surface area (Å²) in [7, 11) is 0. The van der Waals surface area contributed by atoms with Gasteiger partial charge >= 0.3 is 0 Å². The zero-order valence-electron chi connectivity index (χ0n) is 13.0. The topological polar surface area (TPSA) is 38.9 Å². The van der Waals surface area contributed by atoms with Crippen molar-refractivity contribution in [2.24, 2.45) is 11.7 Å². The number of benzene rings is 1. The molecule has 0 bridgehead atoms. The molecule has 1 saturated carbocycles. The summed E-state index contributed by atoms with van der Waals surface area (Å²) in [6.07, 6.45) is 6.50. The Bertz CT molecular complexity index is 574. The Morgan fingerprint density at radius 3 is 2.52 bits per heavy atom. The summed E-state index contributed by atoms with van der Waals surface area (Å²) in [6, 6.07) is 6.91. The zero-order valence-corrected chi connectivity index (χ0v) is 13.0. The highest BCUT2D eigenvalue weighted by Crippen LogP contribution is 2.37. The predicted molar refractivity (Wildman–Crippen MR) is 86.8 cm³/mol. The number of hydrogen-bond acceptors (Lipinski definition) is 2. The maximum Gasteiger partial charge on any atom is 0.123 e. The Morgan fingerprint density at radius 2 is 1.86 bits per heavy atom. The highest BCUT2D eigenvalue weighted by Gasteiger charge is 2.22. The largest absolute Gasteiger partial charge is 0.330 e. The molecule has 0 saturated heterocycles. The molecule has 3 heteroatoms. The molecule has 1 aromatic carbocycles. The molecule has 114 valence electrons. The third kappa shape index (κ3) is 3.59. The van der Waals surface area contributed by atoms with E-state index in [1.807, 2.05) is 20.0 Å². The van der Waals surface area contributed by atoms with Gasteiger partial charge in [0.2, 0.25) is 0 Å². The fraction of sp³-hybridized carbons (Fsp3) is 0.500. The van der Waals surface area contributed by atoms with Crippen molar-refractivity contribution in [3.8, 4) is 0 Å². The molecule has 21 heavy (non-hydrogen) atoms.